The van der Waals surface area contributed by atoms with Crippen LogP contribution in [0.5, 0.6) is 0 Å². The molecule has 18 heavy (non-hydrogen) atoms. The minimum atomic E-state index is 0.472. The van der Waals surface area contributed by atoms with Crippen LogP contribution in [0.25, 0.3) is 0 Å². The average molecular weight is 242 g/mol. The van der Waals surface area contributed by atoms with Crippen molar-refractivity contribution in [3.05, 3.63) is 35.9 Å². The molecule has 0 saturated carbocycles. The van der Waals surface area contributed by atoms with Crippen LogP contribution in [0.2, 0.25) is 0 Å². The van der Waals surface area contributed by atoms with Crippen molar-refractivity contribution in [2.24, 2.45) is 0 Å². The van der Waals surface area contributed by atoms with Gasteiger partial charge in [0.15, 0.2) is 5.82 Å². The molecule has 2 aromatic rings. The van der Waals surface area contributed by atoms with E-state index in [0.717, 1.165) is 18.1 Å². The topological polar surface area (TPSA) is 92.5 Å². The number of nitrogens with zero attached hydrogens (tertiary/aromatic N) is 4. The lowest BCUT2D eigenvalue weighted by Gasteiger charge is -2.08. The first-order chi connectivity index (χ1) is 8.74. The van der Waals surface area contributed by atoms with Crippen LogP contribution in [0, 0.1) is 11.3 Å². The van der Waals surface area contributed by atoms with Crippen molar-refractivity contribution < 1.29 is 0 Å². The Hall–Kier alpha value is -2.55. The highest BCUT2D eigenvalue weighted by Crippen LogP contribution is 2.17. The highest BCUT2D eigenvalue weighted by Gasteiger charge is 2.03. The molecule has 3 N–H and O–H groups in total. The van der Waals surface area contributed by atoms with Gasteiger partial charge in [0, 0.05) is 12.2 Å². The Morgan fingerprint density at radius 3 is 3.00 bits per heavy atom. The normalized spacial score (nSPS) is 10.0. The van der Waals surface area contributed by atoms with Crippen molar-refractivity contribution in [2.75, 3.05) is 11.1 Å². The van der Waals surface area contributed by atoms with Gasteiger partial charge in [-0.1, -0.05) is 0 Å². The molecule has 0 aliphatic rings. The highest BCUT2D eigenvalue weighted by atomic mass is 15.3. The van der Waals surface area contributed by atoms with Crippen molar-refractivity contribution in [1.29, 1.82) is 5.26 Å². The molecule has 0 aliphatic heterocycles. The van der Waals surface area contributed by atoms with Crippen molar-refractivity contribution in [3.63, 3.8) is 0 Å². The number of nitrogens with two attached hydrogens (primary N) is 1. The Kier molecular flexibility index (Phi) is 3.44. The zero-order valence-electron chi connectivity index (χ0n) is 10.1. The second-order valence-electron chi connectivity index (χ2n) is 3.80. The molecule has 0 atom stereocenters. The molecule has 1 aromatic carbocycles. The van der Waals surface area contributed by atoms with Crippen LogP contribution in [-0.2, 0) is 13.1 Å². The maximum Gasteiger partial charge on any atom is 0.152 e. The van der Waals surface area contributed by atoms with Gasteiger partial charge in [-0.15, -0.1) is 10.2 Å². The summed E-state index contributed by atoms with van der Waals surface area (Å²) in [6.45, 7) is 3.44. The van der Waals surface area contributed by atoms with Crippen LogP contribution < -0.4 is 11.1 Å². The molecule has 6 nitrogen and oxygen atoms in total. The Morgan fingerprint density at radius 1 is 1.50 bits per heavy atom. The van der Waals surface area contributed by atoms with Gasteiger partial charge < -0.3 is 15.6 Å². The van der Waals surface area contributed by atoms with Crippen LogP contribution in [0.15, 0.2) is 24.5 Å². The number of nitrogen functional groups attached to an aromatic ring is 1. The molecule has 0 saturated heterocycles. The van der Waals surface area contributed by atoms with E-state index in [4.69, 9.17) is 11.0 Å². The third kappa shape index (κ3) is 2.40. The fourth-order valence-electron chi connectivity index (χ4n) is 1.64. The van der Waals surface area contributed by atoms with Gasteiger partial charge in [-0.2, -0.15) is 5.26 Å². The van der Waals surface area contributed by atoms with E-state index in [1.165, 1.54) is 0 Å². The van der Waals surface area contributed by atoms with Gasteiger partial charge in [-0.05, 0) is 25.1 Å². The molecule has 0 spiro atoms. The van der Waals surface area contributed by atoms with Gasteiger partial charge in [0.2, 0.25) is 0 Å². The molecule has 1 heterocycles. The number of hydrogen-bond acceptors (Lipinski definition) is 5. The summed E-state index contributed by atoms with van der Waals surface area (Å²) in [5.74, 6) is 0.862. The maximum atomic E-state index is 8.79. The largest absolute Gasteiger partial charge is 0.398 e. The van der Waals surface area contributed by atoms with E-state index in [0.29, 0.717) is 17.8 Å². The van der Waals surface area contributed by atoms with Crippen molar-refractivity contribution in [1.82, 2.24) is 14.8 Å². The van der Waals surface area contributed by atoms with E-state index in [1.807, 2.05) is 23.6 Å². The molecule has 92 valence electrons. The number of nitriles is 1. The number of hydrogen-bond donors (Lipinski definition) is 2. The van der Waals surface area contributed by atoms with Gasteiger partial charge in [0.25, 0.3) is 0 Å². The molecule has 2 rings (SSSR count). The molecule has 0 bridgehead atoms. The minimum absolute atomic E-state index is 0.472. The summed E-state index contributed by atoms with van der Waals surface area (Å²) in [5.41, 5.74) is 7.56. The summed E-state index contributed by atoms with van der Waals surface area (Å²) in [5, 5.41) is 19.9. The number of rotatable bonds is 4. The van der Waals surface area contributed by atoms with E-state index in [1.54, 1.807) is 18.5 Å². The number of benzene rings is 1. The number of aryl methyl sites for hydroxylation is 1. The average Bonchev–Trinajstić information content (AvgIpc) is 2.84. The van der Waals surface area contributed by atoms with Gasteiger partial charge in [-0.25, -0.2) is 0 Å². The third-order valence-corrected chi connectivity index (χ3v) is 2.66. The zero-order chi connectivity index (χ0) is 13.0. The lowest BCUT2D eigenvalue weighted by molar-refractivity contribution is 0.708. The van der Waals surface area contributed by atoms with Gasteiger partial charge in [0.05, 0.1) is 17.8 Å². The molecule has 6 heteroatoms. The Bertz CT molecular complexity index is 580. The molecule has 0 amide bonds. The number of aromatic nitrogens is 3. The van der Waals surface area contributed by atoms with E-state index < -0.39 is 0 Å². The molecule has 0 fully saturated rings. The summed E-state index contributed by atoms with van der Waals surface area (Å²) in [7, 11) is 0. The summed E-state index contributed by atoms with van der Waals surface area (Å²) in [6.07, 6.45) is 1.70. The monoisotopic (exact) mass is 242 g/mol. The molecule has 0 radical (unpaired) electrons. The lowest BCUT2D eigenvalue weighted by atomic mass is 10.2. The van der Waals surface area contributed by atoms with Gasteiger partial charge in [-0.3, -0.25) is 0 Å². The first-order valence-electron chi connectivity index (χ1n) is 5.64. The Labute approximate surface area is 105 Å². The number of nitrogens with one attached hydrogen (secondary N) is 1. The summed E-state index contributed by atoms with van der Waals surface area (Å²) >= 11 is 0. The molecule has 0 unspecified atom stereocenters. The maximum absolute atomic E-state index is 8.79. The Morgan fingerprint density at radius 2 is 2.33 bits per heavy atom. The van der Waals surface area contributed by atoms with E-state index in [2.05, 4.69) is 15.5 Å². The summed E-state index contributed by atoms with van der Waals surface area (Å²) < 4.78 is 1.96. The van der Waals surface area contributed by atoms with Gasteiger partial charge in [0.1, 0.15) is 12.4 Å². The predicted octanol–water partition coefficient (Wildman–Crippen LogP) is 1.36. The minimum Gasteiger partial charge on any atom is -0.398 e. The first kappa shape index (κ1) is 11.9. The predicted molar refractivity (Wildman–Crippen MR) is 68.6 cm³/mol. The highest BCUT2D eigenvalue weighted by molar-refractivity contribution is 5.62. The standard InChI is InChI=1S/C12H14N6/c1-2-18-8-16-17-12(18)7-15-10-4-3-9(6-13)11(14)5-10/h3-5,8,15H,2,7,14H2,1H3. The van der Waals surface area contributed by atoms with Crippen molar-refractivity contribution in [3.8, 4) is 6.07 Å². The fraction of sp³-hybridized carbons (Fsp3) is 0.250. The third-order valence-electron chi connectivity index (χ3n) is 2.66. The molecule has 1 aromatic heterocycles. The van der Waals surface area contributed by atoms with Gasteiger partial charge >= 0.3 is 0 Å². The summed E-state index contributed by atoms with van der Waals surface area (Å²) in [4.78, 5) is 0. The van der Waals surface area contributed by atoms with Crippen LogP contribution >= 0.6 is 0 Å². The molecular formula is C12H14N6. The molecular weight excluding hydrogens is 228 g/mol. The van der Waals surface area contributed by atoms with Crippen molar-refractivity contribution in [2.45, 2.75) is 20.0 Å². The van der Waals surface area contributed by atoms with Crippen LogP contribution in [0.3, 0.4) is 0 Å². The van der Waals surface area contributed by atoms with E-state index in [9.17, 15) is 0 Å². The van der Waals surface area contributed by atoms with Crippen LogP contribution in [0.1, 0.15) is 18.3 Å². The van der Waals surface area contributed by atoms with Crippen LogP contribution in [-0.4, -0.2) is 14.8 Å². The SMILES string of the molecule is CCn1cnnc1CNc1ccc(C#N)c(N)c1. The lowest BCUT2D eigenvalue weighted by Crippen LogP contribution is -2.07. The summed E-state index contributed by atoms with van der Waals surface area (Å²) in [6, 6.07) is 7.29. The second kappa shape index (κ2) is 5.19. The second-order valence-corrected chi connectivity index (χ2v) is 3.80. The smallest absolute Gasteiger partial charge is 0.152 e. The zero-order valence-corrected chi connectivity index (χ0v) is 10.1. The molecule has 0 aliphatic carbocycles. The van der Waals surface area contributed by atoms with E-state index >= 15 is 0 Å². The van der Waals surface area contributed by atoms with Crippen molar-refractivity contribution >= 4 is 11.4 Å². The number of anilines is 2. The van der Waals surface area contributed by atoms with E-state index in [-0.39, 0.29) is 0 Å². The fourth-order valence-corrected chi connectivity index (χ4v) is 1.64. The quantitative estimate of drug-likeness (QED) is 0.790. The first-order valence-corrected chi connectivity index (χ1v) is 5.64. The Balaban J connectivity index is 2.07. The van der Waals surface area contributed by atoms with Crippen LogP contribution in [0.4, 0.5) is 11.4 Å².